The van der Waals surface area contributed by atoms with Crippen LogP contribution in [0.1, 0.15) is 39.3 Å². The number of carbonyl (C=O) groups is 2. The van der Waals surface area contributed by atoms with E-state index in [2.05, 4.69) is 20.5 Å². The van der Waals surface area contributed by atoms with Gasteiger partial charge in [-0.3, -0.25) is 9.59 Å². The maximum atomic E-state index is 13.2. The monoisotopic (exact) mass is 599 g/mol. The molecule has 2 N–H and O–H groups in total. The predicted molar refractivity (Wildman–Crippen MR) is 151 cm³/mol. The predicted octanol–water partition coefficient (Wildman–Crippen LogP) is 2.28. The lowest BCUT2D eigenvalue weighted by atomic mass is 9.95. The Morgan fingerprint density at radius 3 is 2.51 bits per heavy atom. The van der Waals surface area contributed by atoms with Crippen molar-refractivity contribution in [2.24, 2.45) is 0 Å². The number of sulfone groups is 1. The van der Waals surface area contributed by atoms with Crippen LogP contribution in [-0.4, -0.2) is 83.6 Å². The quantitative estimate of drug-likeness (QED) is 0.276. The van der Waals surface area contributed by atoms with Crippen LogP contribution in [0.5, 0.6) is 0 Å². The van der Waals surface area contributed by atoms with Crippen LogP contribution < -0.4 is 5.32 Å². The number of carbonyl (C=O) groups excluding carboxylic acids is 2. The molecule has 216 valence electrons. The van der Waals surface area contributed by atoms with Crippen LogP contribution >= 0.6 is 11.3 Å². The van der Waals surface area contributed by atoms with Crippen molar-refractivity contribution in [1.29, 1.82) is 0 Å². The van der Waals surface area contributed by atoms with Crippen molar-refractivity contribution in [1.82, 2.24) is 25.4 Å². The lowest BCUT2D eigenvalue weighted by Gasteiger charge is -2.44. The molecule has 1 saturated heterocycles. The first-order chi connectivity index (χ1) is 19.5. The first-order valence-corrected chi connectivity index (χ1v) is 15.3. The highest BCUT2D eigenvalue weighted by molar-refractivity contribution is 7.92. The molecule has 41 heavy (non-hydrogen) atoms. The first kappa shape index (κ1) is 28.8. The summed E-state index contributed by atoms with van der Waals surface area (Å²) in [7, 11) is -2.59. The number of fused-ring (bicyclic) bond motifs is 1. The third-order valence-corrected chi connectivity index (χ3v) is 9.72. The Kier molecular flexibility index (Phi) is 7.92. The average Bonchev–Trinajstić information content (AvgIpc) is 3.54. The second-order valence-electron chi connectivity index (χ2n) is 10.1. The highest BCUT2D eigenvalue weighted by atomic mass is 32.2. The number of nitrogens with one attached hydrogen (secondary N) is 1. The van der Waals surface area contributed by atoms with Gasteiger partial charge in [0.15, 0.2) is 15.1 Å². The lowest BCUT2D eigenvalue weighted by molar-refractivity contribution is -0.121. The van der Waals surface area contributed by atoms with Crippen molar-refractivity contribution < 1.29 is 32.3 Å². The molecule has 4 aromatic rings. The second kappa shape index (κ2) is 11.3. The highest BCUT2D eigenvalue weighted by Gasteiger charge is 2.40. The summed E-state index contributed by atoms with van der Waals surface area (Å²) in [5.41, 5.74) is 1.93. The summed E-state index contributed by atoms with van der Waals surface area (Å²) >= 11 is 1.12. The Labute approximate surface area is 240 Å². The molecule has 2 aromatic carbocycles. The van der Waals surface area contributed by atoms with Gasteiger partial charge in [-0.25, -0.2) is 13.4 Å². The Morgan fingerprint density at radius 2 is 1.88 bits per heavy atom. The van der Waals surface area contributed by atoms with Gasteiger partial charge in [0.25, 0.3) is 5.91 Å². The molecule has 1 fully saturated rings. The molecule has 0 saturated carbocycles. The van der Waals surface area contributed by atoms with Gasteiger partial charge >= 0.3 is 0 Å². The van der Waals surface area contributed by atoms with Gasteiger partial charge in [-0.2, -0.15) is 0 Å². The molecule has 0 radical (unpaired) electrons. The van der Waals surface area contributed by atoms with Gasteiger partial charge in [0.05, 0.1) is 47.8 Å². The number of methoxy groups -OCH3 is 1. The second-order valence-corrected chi connectivity index (χ2v) is 13.4. The molecule has 1 unspecified atom stereocenters. The van der Waals surface area contributed by atoms with Crippen molar-refractivity contribution in [2.75, 3.05) is 32.6 Å². The largest absolute Gasteiger partial charge is 0.424 e. The summed E-state index contributed by atoms with van der Waals surface area (Å²) in [5.74, 6) is -0.767. The topological polar surface area (TPSA) is 165 Å². The van der Waals surface area contributed by atoms with Crippen LogP contribution in [0.3, 0.4) is 0 Å². The molecule has 14 heteroatoms. The number of ether oxygens (including phenoxy) is 1. The zero-order valence-corrected chi connectivity index (χ0v) is 24.3. The lowest BCUT2D eigenvalue weighted by Crippen LogP contribution is -2.61. The zero-order chi connectivity index (χ0) is 29.4. The number of benzene rings is 2. The zero-order valence-electron chi connectivity index (χ0n) is 22.7. The molecule has 2 aromatic heterocycles. The molecule has 0 spiro atoms. The SMILES string of the molecule is COCCS(=O)(=O)C(C(=O)NCc1nnc(C)o1)c1nc2ccc(-c3ccc(C(=O)N4CC(C)(O)C4)cc3)cc2s1. The molecule has 12 nitrogen and oxygen atoms in total. The van der Waals surface area contributed by atoms with Crippen LogP contribution in [0, 0.1) is 6.92 Å². The third-order valence-electron chi connectivity index (χ3n) is 6.60. The van der Waals surface area contributed by atoms with Gasteiger partial charge in [0.1, 0.15) is 5.01 Å². The average molecular weight is 600 g/mol. The molecule has 3 heterocycles. The van der Waals surface area contributed by atoms with Crippen LogP contribution in [0.2, 0.25) is 0 Å². The van der Waals surface area contributed by atoms with Gasteiger partial charge in [0.2, 0.25) is 17.7 Å². The molecular formula is C27H29N5O7S2. The van der Waals surface area contributed by atoms with E-state index in [0.29, 0.717) is 34.8 Å². The molecule has 5 rings (SSSR count). The molecular weight excluding hydrogens is 570 g/mol. The number of aryl methyl sites for hydroxylation is 1. The number of aromatic nitrogens is 3. The van der Waals surface area contributed by atoms with Crippen LogP contribution in [0.4, 0.5) is 0 Å². The normalized spacial score (nSPS) is 15.5. The number of aliphatic hydroxyl groups is 1. The van der Waals surface area contributed by atoms with E-state index in [1.54, 1.807) is 36.9 Å². The number of hydrogen-bond donors (Lipinski definition) is 2. The number of β-amino-alcohol motifs (C(OH)–C–C–N with tert-alkyl or cyclic N) is 1. The van der Waals surface area contributed by atoms with E-state index in [9.17, 15) is 23.1 Å². The summed E-state index contributed by atoms with van der Waals surface area (Å²) in [6.45, 7) is 3.71. The number of thiazole rings is 1. The van der Waals surface area contributed by atoms with E-state index < -0.39 is 26.6 Å². The summed E-state index contributed by atoms with van der Waals surface area (Å²) in [6.07, 6.45) is 0. The number of rotatable bonds is 10. The van der Waals surface area contributed by atoms with E-state index in [4.69, 9.17) is 9.15 Å². The van der Waals surface area contributed by atoms with Gasteiger partial charge < -0.3 is 24.5 Å². The standard InChI is InChI=1S/C27H29N5O7S2/c1-16-30-31-22(39-16)13-28-24(33)23(41(36,37)11-10-38-3)25-29-20-9-8-19(12-21(20)40-25)17-4-6-18(7-5-17)26(34)32-14-27(2,35)15-32/h4-9,12,23,35H,10-11,13-15H2,1-3H3,(H,28,33). The van der Waals surface area contributed by atoms with Crippen molar-refractivity contribution in [2.45, 2.75) is 31.2 Å². The third kappa shape index (κ3) is 6.30. The minimum Gasteiger partial charge on any atom is -0.424 e. The minimum absolute atomic E-state index is 0.0699. The highest BCUT2D eigenvalue weighted by Crippen LogP contribution is 2.34. The Bertz CT molecular complexity index is 1690. The number of nitrogens with zero attached hydrogens (tertiary/aromatic N) is 4. The van der Waals surface area contributed by atoms with E-state index in [-0.39, 0.29) is 35.7 Å². The fourth-order valence-electron chi connectivity index (χ4n) is 4.55. The fraction of sp³-hybridized carbons (Fsp3) is 0.370. The summed E-state index contributed by atoms with van der Waals surface area (Å²) < 4.78 is 37.4. The number of likely N-dealkylation sites (tertiary alicyclic amines) is 1. The molecule has 1 aliphatic rings. The van der Waals surface area contributed by atoms with Crippen LogP contribution in [-0.2, 0) is 25.9 Å². The summed E-state index contributed by atoms with van der Waals surface area (Å²) in [4.78, 5) is 31.9. The van der Waals surface area contributed by atoms with Gasteiger partial charge in [-0.15, -0.1) is 21.5 Å². The van der Waals surface area contributed by atoms with Crippen molar-refractivity contribution in [3.63, 3.8) is 0 Å². The van der Waals surface area contributed by atoms with Crippen molar-refractivity contribution in [3.8, 4) is 11.1 Å². The van der Waals surface area contributed by atoms with Gasteiger partial charge in [0, 0.05) is 19.6 Å². The molecule has 0 bridgehead atoms. The Hall–Kier alpha value is -3.72. The minimum atomic E-state index is -3.98. The van der Waals surface area contributed by atoms with Gasteiger partial charge in [-0.1, -0.05) is 18.2 Å². The summed E-state index contributed by atoms with van der Waals surface area (Å²) in [6, 6.07) is 12.6. The Morgan fingerprint density at radius 1 is 1.17 bits per heavy atom. The van der Waals surface area contributed by atoms with Crippen molar-refractivity contribution >= 4 is 43.2 Å². The van der Waals surface area contributed by atoms with E-state index in [1.165, 1.54) is 7.11 Å². The molecule has 1 aliphatic heterocycles. The van der Waals surface area contributed by atoms with Crippen LogP contribution in [0.25, 0.3) is 21.3 Å². The maximum Gasteiger partial charge on any atom is 0.254 e. The number of hydrogen-bond acceptors (Lipinski definition) is 11. The van der Waals surface area contributed by atoms with Gasteiger partial charge in [-0.05, 0) is 42.3 Å². The fourth-order valence-corrected chi connectivity index (χ4v) is 7.53. The number of amides is 2. The van der Waals surface area contributed by atoms with E-state index in [0.717, 1.165) is 22.5 Å². The van der Waals surface area contributed by atoms with Crippen LogP contribution in [0.15, 0.2) is 46.9 Å². The molecule has 0 aliphatic carbocycles. The van der Waals surface area contributed by atoms with E-state index in [1.807, 2.05) is 24.3 Å². The smallest absolute Gasteiger partial charge is 0.254 e. The Balaban J connectivity index is 1.39. The summed E-state index contributed by atoms with van der Waals surface area (Å²) in [5, 5.41) is 18.6. The molecule has 1 atom stereocenters. The molecule has 2 amide bonds. The van der Waals surface area contributed by atoms with Crippen molar-refractivity contribution in [3.05, 3.63) is 64.8 Å². The first-order valence-electron chi connectivity index (χ1n) is 12.8. The van der Waals surface area contributed by atoms with E-state index >= 15 is 0 Å². The maximum absolute atomic E-state index is 13.2.